The fraction of sp³-hybridized carbons (Fsp3) is 0.375. The normalized spacial score (nSPS) is 19.7. The van der Waals surface area contributed by atoms with Gasteiger partial charge in [-0.05, 0) is 30.7 Å². The lowest BCUT2D eigenvalue weighted by atomic mass is 9.83. The Hall–Kier alpha value is -3.44. The van der Waals surface area contributed by atoms with Crippen LogP contribution >= 0.6 is 11.8 Å². The minimum absolute atomic E-state index is 0.0515. The molecule has 0 radical (unpaired) electrons. The summed E-state index contributed by atoms with van der Waals surface area (Å²) in [5.41, 5.74) is 0.767. The molecule has 1 aromatic heterocycles. The summed E-state index contributed by atoms with van der Waals surface area (Å²) in [4.78, 5) is 38.3. The van der Waals surface area contributed by atoms with Crippen molar-refractivity contribution in [1.29, 1.82) is 0 Å². The van der Waals surface area contributed by atoms with Gasteiger partial charge in [-0.2, -0.15) is 0 Å². The number of benzene rings is 1. The molecule has 3 atom stereocenters. The Kier molecular flexibility index (Phi) is 7.37. The van der Waals surface area contributed by atoms with Gasteiger partial charge in [-0.15, -0.1) is 11.8 Å². The first-order chi connectivity index (χ1) is 16.8. The largest absolute Gasteiger partial charge is 0.491 e. The average molecular weight is 501 g/mol. The number of amides is 1. The zero-order valence-corrected chi connectivity index (χ0v) is 20.1. The molecule has 35 heavy (non-hydrogen) atoms. The SMILES string of the molecule is COc1ccc[n+](CCSC2=C(C(=O)OCc3ccc([N+](=O)[O-])cc3)N3C(=O)C([C@@H](C)O)C3C2)c1. The Bertz CT molecular complexity index is 1170. The van der Waals surface area contributed by atoms with Gasteiger partial charge in [0.15, 0.2) is 18.5 Å². The molecule has 0 aliphatic carbocycles. The third-order valence-electron chi connectivity index (χ3n) is 6.09. The molecule has 0 spiro atoms. The van der Waals surface area contributed by atoms with E-state index in [1.54, 1.807) is 14.0 Å². The Morgan fingerprint density at radius 2 is 2.09 bits per heavy atom. The van der Waals surface area contributed by atoms with Gasteiger partial charge < -0.3 is 19.5 Å². The number of carbonyl (C=O) groups is 2. The number of hydrogen-bond acceptors (Lipinski definition) is 8. The summed E-state index contributed by atoms with van der Waals surface area (Å²) in [5, 5.41) is 20.9. The Labute approximate surface area is 206 Å². The highest BCUT2D eigenvalue weighted by Gasteiger charge is 2.57. The molecule has 1 saturated heterocycles. The number of nitro groups is 1. The standard InChI is InChI=1S/C24H26N3O7S/c1-15(28)21-19-12-20(35-11-10-25-9-3-4-18(13-25)33-2)22(26(19)23(21)29)24(30)34-14-16-5-7-17(8-6-16)27(31)32/h3-9,13,15,19,21,28H,10-12,14H2,1-2H3/q+1/t15-,19?,21?/m1/s1. The number of aliphatic hydroxyl groups excluding tert-OH is 1. The molecule has 1 N–H and O–H groups in total. The van der Waals surface area contributed by atoms with Gasteiger partial charge in [0, 0.05) is 29.5 Å². The van der Waals surface area contributed by atoms with Gasteiger partial charge in [0.05, 0.1) is 35.8 Å². The van der Waals surface area contributed by atoms with Crippen LogP contribution in [0, 0.1) is 16.0 Å². The van der Waals surface area contributed by atoms with E-state index < -0.39 is 22.9 Å². The highest BCUT2D eigenvalue weighted by Crippen LogP contribution is 2.47. The number of non-ortho nitro benzene ring substituents is 1. The number of carbonyl (C=O) groups excluding carboxylic acids is 2. The molecule has 0 saturated carbocycles. The first kappa shape index (κ1) is 24.7. The van der Waals surface area contributed by atoms with E-state index in [2.05, 4.69) is 0 Å². The van der Waals surface area contributed by atoms with E-state index in [-0.39, 0.29) is 29.9 Å². The van der Waals surface area contributed by atoms with Gasteiger partial charge in [-0.3, -0.25) is 14.9 Å². The molecular weight excluding hydrogens is 474 g/mol. The van der Waals surface area contributed by atoms with E-state index in [1.807, 2.05) is 29.1 Å². The minimum atomic E-state index is -0.808. The Morgan fingerprint density at radius 1 is 1.34 bits per heavy atom. The number of ether oxygens (including phenoxy) is 2. The van der Waals surface area contributed by atoms with Crippen LogP contribution in [-0.2, 0) is 27.5 Å². The number of methoxy groups -OCH3 is 1. The van der Waals surface area contributed by atoms with Gasteiger partial charge in [0.1, 0.15) is 12.3 Å². The van der Waals surface area contributed by atoms with Crippen molar-refractivity contribution in [2.24, 2.45) is 5.92 Å². The van der Waals surface area contributed by atoms with Crippen molar-refractivity contribution in [2.75, 3.05) is 12.9 Å². The molecule has 10 nitrogen and oxygen atoms in total. The number of rotatable bonds is 10. The molecule has 2 aliphatic rings. The number of nitrogens with zero attached hydrogens (tertiary/aromatic N) is 3. The first-order valence-electron chi connectivity index (χ1n) is 11.1. The summed E-state index contributed by atoms with van der Waals surface area (Å²) < 4.78 is 12.7. The van der Waals surface area contributed by atoms with E-state index >= 15 is 0 Å². The molecule has 1 fully saturated rings. The number of esters is 1. The monoisotopic (exact) mass is 500 g/mol. The second kappa shape index (κ2) is 10.4. The topological polar surface area (TPSA) is 123 Å². The van der Waals surface area contributed by atoms with Gasteiger partial charge in [-0.25, -0.2) is 9.36 Å². The van der Waals surface area contributed by atoms with Crippen molar-refractivity contribution >= 4 is 29.3 Å². The summed E-state index contributed by atoms with van der Waals surface area (Å²) in [6.45, 7) is 2.16. The molecule has 11 heteroatoms. The maximum atomic E-state index is 13.1. The number of aliphatic hydroxyl groups is 1. The van der Waals surface area contributed by atoms with Crippen LogP contribution in [0.2, 0.25) is 0 Å². The summed E-state index contributed by atoms with van der Waals surface area (Å²) >= 11 is 1.49. The first-order valence-corrected chi connectivity index (χ1v) is 12.1. The Balaban J connectivity index is 1.46. The summed E-state index contributed by atoms with van der Waals surface area (Å²) in [6.07, 6.45) is 3.48. The molecule has 4 rings (SSSR count). The van der Waals surface area contributed by atoms with Crippen molar-refractivity contribution in [1.82, 2.24) is 4.90 Å². The highest BCUT2D eigenvalue weighted by molar-refractivity contribution is 8.03. The minimum Gasteiger partial charge on any atom is -0.491 e. The maximum absolute atomic E-state index is 13.1. The number of fused-ring (bicyclic) bond motifs is 1. The summed E-state index contributed by atoms with van der Waals surface area (Å²) in [5.74, 6) is -0.0637. The van der Waals surface area contributed by atoms with Crippen molar-refractivity contribution in [2.45, 2.75) is 38.6 Å². The smallest absolute Gasteiger partial charge is 0.356 e. The van der Waals surface area contributed by atoms with Crippen LogP contribution in [0.25, 0.3) is 0 Å². The second-order valence-electron chi connectivity index (χ2n) is 8.35. The predicted octanol–water partition coefficient (Wildman–Crippen LogP) is 2.19. The van der Waals surface area contributed by atoms with Gasteiger partial charge >= 0.3 is 5.97 Å². The van der Waals surface area contributed by atoms with E-state index in [9.17, 15) is 24.8 Å². The molecule has 2 unspecified atom stereocenters. The zero-order valence-electron chi connectivity index (χ0n) is 19.3. The van der Waals surface area contributed by atoms with Crippen LogP contribution in [0.3, 0.4) is 0 Å². The number of aromatic nitrogens is 1. The van der Waals surface area contributed by atoms with Crippen molar-refractivity contribution in [3.05, 3.63) is 75.1 Å². The lowest BCUT2D eigenvalue weighted by molar-refractivity contribution is -0.692. The second-order valence-corrected chi connectivity index (χ2v) is 9.54. The van der Waals surface area contributed by atoms with Crippen LogP contribution < -0.4 is 9.30 Å². The quantitative estimate of drug-likeness (QED) is 0.173. The average Bonchev–Trinajstić information content (AvgIpc) is 3.16. The van der Waals surface area contributed by atoms with Gasteiger partial charge in [0.2, 0.25) is 12.1 Å². The Morgan fingerprint density at radius 3 is 2.74 bits per heavy atom. The highest BCUT2D eigenvalue weighted by atomic mass is 32.2. The van der Waals surface area contributed by atoms with E-state index in [1.165, 1.54) is 40.9 Å². The van der Waals surface area contributed by atoms with Crippen molar-refractivity contribution in [3.8, 4) is 5.75 Å². The van der Waals surface area contributed by atoms with E-state index in [0.717, 1.165) is 10.7 Å². The maximum Gasteiger partial charge on any atom is 0.356 e. The molecule has 2 aliphatic heterocycles. The van der Waals surface area contributed by atoms with Crippen LogP contribution in [0.1, 0.15) is 18.9 Å². The van der Waals surface area contributed by atoms with E-state index in [4.69, 9.17) is 9.47 Å². The molecule has 0 bridgehead atoms. The van der Waals surface area contributed by atoms with Crippen molar-refractivity contribution in [3.63, 3.8) is 0 Å². The molecule has 3 heterocycles. The molecule has 1 aromatic carbocycles. The van der Waals surface area contributed by atoms with Gasteiger partial charge in [-0.1, -0.05) is 0 Å². The number of thioether (sulfide) groups is 1. The number of nitro benzene ring substituents is 1. The van der Waals surface area contributed by atoms with Crippen LogP contribution in [-0.4, -0.2) is 51.8 Å². The molecule has 1 amide bonds. The van der Waals surface area contributed by atoms with E-state index in [0.29, 0.717) is 24.3 Å². The lowest BCUT2D eigenvalue weighted by Gasteiger charge is -2.44. The zero-order chi connectivity index (χ0) is 25.1. The number of hydrogen-bond donors (Lipinski definition) is 1. The third kappa shape index (κ3) is 5.15. The van der Waals surface area contributed by atoms with Crippen LogP contribution in [0.15, 0.2) is 59.4 Å². The predicted molar refractivity (Wildman–Crippen MR) is 126 cm³/mol. The summed E-state index contributed by atoms with van der Waals surface area (Å²) in [7, 11) is 1.60. The van der Waals surface area contributed by atoms with Crippen LogP contribution in [0.5, 0.6) is 5.75 Å². The molecule has 2 aromatic rings. The van der Waals surface area contributed by atoms with Crippen LogP contribution in [0.4, 0.5) is 5.69 Å². The van der Waals surface area contributed by atoms with Crippen molar-refractivity contribution < 1.29 is 33.7 Å². The van der Waals surface area contributed by atoms with Gasteiger partial charge in [0.25, 0.3) is 5.69 Å². The molecule has 184 valence electrons. The lowest BCUT2D eigenvalue weighted by Crippen LogP contribution is -2.61. The fourth-order valence-corrected chi connectivity index (χ4v) is 5.47. The summed E-state index contributed by atoms with van der Waals surface area (Å²) in [6, 6.07) is 9.21. The number of β-lactam (4-membered cyclic amide) rings is 1. The third-order valence-corrected chi connectivity index (χ3v) is 7.19. The number of pyridine rings is 1. The number of aryl methyl sites for hydroxylation is 1. The molecular formula is C24H26N3O7S+. The fourth-order valence-electron chi connectivity index (χ4n) is 4.31.